The van der Waals surface area contributed by atoms with Crippen LogP contribution in [0.3, 0.4) is 0 Å². The van der Waals surface area contributed by atoms with Crippen molar-refractivity contribution < 1.29 is 14.3 Å². The second-order valence-electron chi connectivity index (χ2n) is 2.70. The summed E-state index contributed by atoms with van der Waals surface area (Å²) >= 11 is 0. The number of benzene rings is 1. The Hall–Kier alpha value is -2.15. The first-order chi connectivity index (χ1) is 7.19. The van der Waals surface area contributed by atoms with Gasteiger partial charge in [-0.25, -0.2) is 0 Å². The predicted octanol–water partition coefficient (Wildman–Crippen LogP) is 1.28. The van der Waals surface area contributed by atoms with Crippen LogP contribution in [0.4, 0.5) is 5.69 Å². The van der Waals surface area contributed by atoms with E-state index in [0.29, 0.717) is 17.2 Å². The Kier molecular flexibility index (Phi) is 3.58. The molecule has 0 saturated carbocycles. The molecule has 15 heavy (non-hydrogen) atoms. The van der Waals surface area contributed by atoms with Crippen LogP contribution >= 0.6 is 0 Å². The Morgan fingerprint density at radius 2 is 1.80 bits per heavy atom. The Balaban J connectivity index is 2.97. The minimum atomic E-state index is -0.509. The molecular formula is C11H11NO3. The van der Waals surface area contributed by atoms with Gasteiger partial charge in [-0.2, -0.15) is 0 Å². The van der Waals surface area contributed by atoms with Gasteiger partial charge in [-0.15, -0.1) is 6.42 Å². The number of carbonyl (C=O) groups excluding carboxylic acids is 1. The van der Waals surface area contributed by atoms with Crippen LogP contribution in [-0.4, -0.2) is 20.1 Å². The van der Waals surface area contributed by atoms with Crippen LogP contribution in [0, 0.1) is 12.3 Å². The first-order valence-corrected chi connectivity index (χ1v) is 4.20. The molecule has 4 heteroatoms. The molecular weight excluding hydrogens is 194 g/mol. The second kappa shape index (κ2) is 4.91. The van der Waals surface area contributed by atoms with E-state index in [2.05, 4.69) is 5.32 Å². The zero-order valence-electron chi connectivity index (χ0n) is 8.53. The van der Waals surface area contributed by atoms with Crippen molar-refractivity contribution in [2.45, 2.75) is 0 Å². The van der Waals surface area contributed by atoms with Crippen molar-refractivity contribution in [3.8, 4) is 23.8 Å². The van der Waals surface area contributed by atoms with E-state index in [1.807, 2.05) is 5.92 Å². The van der Waals surface area contributed by atoms with Crippen molar-refractivity contribution in [3.63, 3.8) is 0 Å². The molecule has 0 spiro atoms. The van der Waals surface area contributed by atoms with E-state index in [4.69, 9.17) is 15.9 Å². The van der Waals surface area contributed by atoms with Gasteiger partial charge in [0.1, 0.15) is 11.5 Å². The second-order valence-corrected chi connectivity index (χ2v) is 2.70. The summed E-state index contributed by atoms with van der Waals surface area (Å²) in [5.41, 5.74) is 0.536. The highest BCUT2D eigenvalue weighted by Gasteiger charge is 2.03. The van der Waals surface area contributed by atoms with Gasteiger partial charge in [0.05, 0.1) is 14.2 Å². The van der Waals surface area contributed by atoms with Crippen LogP contribution in [-0.2, 0) is 4.79 Å². The molecule has 0 aliphatic rings. The number of hydrogen-bond donors (Lipinski definition) is 1. The maximum Gasteiger partial charge on any atom is 0.300 e. The first kappa shape index (κ1) is 10.9. The van der Waals surface area contributed by atoms with Gasteiger partial charge in [-0.1, -0.05) is 0 Å². The molecule has 0 fully saturated rings. The number of terminal acetylenes is 1. The topological polar surface area (TPSA) is 47.6 Å². The van der Waals surface area contributed by atoms with E-state index in [-0.39, 0.29) is 0 Å². The highest BCUT2D eigenvalue weighted by atomic mass is 16.5. The van der Waals surface area contributed by atoms with Crippen LogP contribution in [0.1, 0.15) is 0 Å². The Bertz CT molecular complexity index is 385. The molecule has 0 saturated heterocycles. The molecule has 1 aromatic carbocycles. The van der Waals surface area contributed by atoms with Gasteiger partial charge in [-0.3, -0.25) is 4.79 Å². The van der Waals surface area contributed by atoms with Crippen LogP contribution in [0.25, 0.3) is 0 Å². The maximum absolute atomic E-state index is 11.0. The fourth-order valence-electron chi connectivity index (χ4n) is 1.05. The number of ether oxygens (including phenoxy) is 2. The van der Waals surface area contributed by atoms with Gasteiger partial charge < -0.3 is 14.8 Å². The van der Waals surface area contributed by atoms with Crippen molar-refractivity contribution in [3.05, 3.63) is 18.2 Å². The lowest BCUT2D eigenvalue weighted by Gasteiger charge is -2.07. The van der Waals surface area contributed by atoms with Crippen LogP contribution in [0.5, 0.6) is 11.5 Å². The molecule has 4 nitrogen and oxygen atoms in total. The van der Waals surface area contributed by atoms with Gasteiger partial charge in [0.15, 0.2) is 0 Å². The van der Waals surface area contributed by atoms with Crippen LogP contribution < -0.4 is 14.8 Å². The number of hydrogen-bond acceptors (Lipinski definition) is 3. The van der Waals surface area contributed by atoms with Crippen LogP contribution in [0.15, 0.2) is 18.2 Å². The van der Waals surface area contributed by atoms with E-state index in [1.54, 1.807) is 18.2 Å². The lowest BCUT2D eigenvalue weighted by molar-refractivity contribution is -0.111. The van der Waals surface area contributed by atoms with Crippen molar-refractivity contribution in [1.29, 1.82) is 0 Å². The molecule has 78 valence electrons. The van der Waals surface area contributed by atoms with Gasteiger partial charge in [-0.05, 0) is 5.92 Å². The van der Waals surface area contributed by atoms with Gasteiger partial charge in [0, 0.05) is 23.9 Å². The molecule has 1 N–H and O–H groups in total. The van der Waals surface area contributed by atoms with Crippen molar-refractivity contribution in [1.82, 2.24) is 0 Å². The Morgan fingerprint density at radius 1 is 1.27 bits per heavy atom. The fourth-order valence-corrected chi connectivity index (χ4v) is 1.05. The maximum atomic E-state index is 11.0. The van der Waals surface area contributed by atoms with Gasteiger partial charge in [0.25, 0.3) is 5.91 Å². The first-order valence-electron chi connectivity index (χ1n) is 4.20. The molecule has 0 aliphatic heterocycles. The molecule has 0 bridgehead atoms. The molecule has 1 aromatic rings. The zero-order valence-corrected chi connectivity index (χ0v) is 8.53. The molecule has 0 aliphatic carbocycles. The molecule has 0 atom stereocenters. The molecule has 1 rings (SSSR count). The number of methoxy groups -OCH3 is 2. The number of anilines is 1. The summed E-state index contributed by atoms with van der Waals surface area (Å²) in [4.78, 5) is 11.0. The minimum absolute atomic E-state index is 0.509. The third-order valence-electron chi connectivity index (χ3n) is 1.74. The van der Waals surface area contributed by atoms with Gasteiger partial charge in [0.2, 0.25) is 0 Å². The number of amides is 1. The van der Waals surface area contributed by atoms with E-state index in [9.17, 15) is 4.79 Å². The highest BCUT2D eigenvalue weighted by molar-refractivity contribution is 6.03. The third-order valence-corrected chi connectivity index (χ3v) is 1.74. The summed E-state index contributed by atoms with van der Waals surface area (Å²) in [5, 5.41) is 2.51. The summed E-state index contributed by atoms with van der Waals surface area (Å²) in [5.74, 6) is 2.62. The summed E-state index contributed by atoms with van der Waals surface area (Å²) in [7, 11) is 3.06. The summed E-state index contributed by atoms with van der Waals surface area (Å²) in [6, 6.07) is 5.00. The Morgan fingerprint density at radius 3 is 2.20 bits per heavy atom. The highest BCUT2D eigenvalue weighted by Crippen LogP contribution is 2.25. The average molecular weight is 205 g/mol. The lowest BCUT2D eigenvalue weighted by atomic mass is 10.2. The van der Waals surface area contributed by atoms with Gasteiger partial charge >= 0.3 is 0 Å². The minimum Gasteiger partial charge on any atom is -0.497 e. The molecule has 0 aromatic heterocycles. The molecule has 0 radical (unpaired) electrons. The zero-order chi connectivity index (χ0) is 11.3. The largest absolute Gasteiger partial charge is 0.497 e. The standard InChI is InChI=1S/C11H11NO3/c1-4-11(13)12-8-5-9(14-2)7-10(6-8)15-3/h1,5-7H,2-3H3,(H,12,13). The average Bonchev–Trinajstić information content (AvgIpc) is 2.28. The molecule has 0 heterocycles. The SMILES string of the molecule is C#CC(=O)Nc1cc(OC)cc(OC)c1. The smallest absolute Gasteiger partial charge is 0.300 e. The quantitative estimate of drug-likeness (QED) is 0.756. The summed E-state index contributed by atoms with van der Waals surface area (Å²) < 4.78 is 10.1. The van der Waals surface area contributed by atoms with E-state index in [1.165, 1.54) is 14.2 Å². The van der Waals surface area contributed by atoms with E-state index in [0.717, 1.165) is 0 Å². The molecule has 1 amide bonds. The number of nitrogens with one attached hydrogen (secondary N) is 1. The monoisotopic (exact) mass is 205 g/mol. The predicted molar refractivity (Wildman–Crippen MR) is 57.0 cm³/mol. The van der Waals surface area contributed by atoms with E-state index >= 15 is 0 Å². The number of rotatable bonds is 3. The summed E-state index contributed by atoms with van der Waals surface area (Å²) in [6.45, 7) is 0. The summed E-state index contributed by atoms with van der Waals surface area (Å²) in [6.07, 6.45) is 4.94. The molecule has 0 unspecified atom stereocenters. The number of carbonyl (C=O) groups is 1. The van der Waals surface area contributed by atoms with E-state index < -0.39 is 5.91 Å². The fraction of sp³-hybridized carbons (Fsp3) is 0.182. The van der Waals surface area contributed by atoms with Crippen LogP contribution in [0.2, 0.25) is 0 Å². The van der Waals surface area contributed by atoms with Crippen molar-refractivity contribution >= 4 is 11.6 Å². The van der Waals surface area contributed by atoms with Crippen molar-refractivity contribution in [2.75, 3.05) is 19.5 Å². The lowest BCUT2D eigenvalue weighted by Crippen LogP contribution is -2.08. The normalized spacial score (nSPS) is 8.87. The van der Waals surface area contributed by atoms with Crippen molar-refractivity contribution in [2.24, 2.45) is 0 Å². The Labute approximate surface area is 88.2 Å². The third kappa shape index (κ3) is 2.92.